The zero-order chi connectivity index (χ0) is 23.0. The van der Waals surface area contributed by atoms with Crippen LogP contribution in [0.25, 0.3) is 0 Å². The molecule has 2 aromatic heterocycles. The third kappa shape index (κ3) is 6.00. The van der Waals surface area contributed by atoms with Crippen LogP contribution in [0.3, 0.4) is 0 Å². The lowest BCUT2D eigenvalue weighted by atomic mass is 10.0. The average molecular weight is 469 g/mol. The lowest BCUT2D eigenvalue weighted by molar-refractivity contribution is -0.120. The number of aromatic nitrogens is 1. The number of carbonyl (C=O) groups excluding carboxylic acids is 2. The summed E-state index contributed by atoms with van der Waals surface area (Å²) in [6.45, 7) is 2.50. The molecule has 1 atom stereocenters. The summed E-state index contributed by atoms with van der Waals surface area (Å²) in [5, 5.41) is 7.97. The molecule has 1 aliphatic rings. The van der Waals surface area contributed by atoms with E-state index < -0.39 is 0 Å². The molecule has 0 spiro atoms. The predicted octanol–water partition coefficient (Wildman–Crippen LogP) is 3.88. The van der Waals surface area contributed by atoms with Crippen molar-refractivity contribution in [1.82, 2.24) is 15.2 Å². The van der Waals surface area contributed by atoms with Crippen LogP contribution in [0.4, 0.5) is 5.13 Å². The third-order valence-corrected chi connectivity index (χ3v) is 6.49. The van der Waals surface area contributed by atoms with Gasteiger partial charge in [0.1, 0.15) is 5.75 Å². The maximum Gasteiger partial charge on any atom is 0.293 e. The molecule has 1 aliphatic heterocycles. The summed E-state index contributed by atoms with van der Waals surface area (Å²) in [5.41, 5.74) is 1.69. The fourth-order valence-electron chi connectivity index (χ4n) is 4.06. The van der Waals surface area contributed by atoms with Gasteiger partial charge in [-0.3, -0.25) is 19.8 Å². The predicted molar refractivity (Wildman–Crippen MR) is 127 cm³/mol. The molecule has 33 heavy (non-hydrogen) atoms. The molecule has 0 radical (unpaired) electrons. The average Bonchev–Trinajstić information content (AvgIpc) is 3.53. The minimum atomic E-state index is -0.369. The van der Waals surface area contributed by atoms with E-state index in [1.54, 1.807) is 24.6 Å². The molecular formula is C24H28N4O4S. The highest BCUT2D eigenvalue weighted by Gasteiger charge is 2.25. The summed E-state index contributed by atoms with van der Waals surface area (Å²) < 4.78 is 10.7. The first-order valence-electron chi connectivity index (χ1n) is 11.1. The number of nitrogens with zero attached hydrogens (tertiary/aromatic N) is 2. The van der Waals surface area contributed by atoms with Crippen molar-refractivity contribution in [3.05, 3.63) is 65.1 Å². The van der Waals surface area contributed by atoms with Gasteiger partial charge < -0.3 is 14.5 Å². The van der Waals surface area contributed by atoms with Gasteiger partial charge in [0.2, 0.25) is 5.91 Å². The lowest BCUT2D eigenvalue weighted by Gasteiger charge is -2.35. The first kappa shape index (κ1) is 23.0. The van der Waals surface area contributed by atoms with Gasteiger partial charge in [-0.2, -0.15) is 0 Å². The number of anilines is 1. The molecule has 1 aromatic carbocycles. The Morgan fingerprint density at radius 1 is 1.18 bits per heavy atom. The molecular weight excluding hydrogens is 440 g/mol. The number of likely N-dealkylation sites (tertiary alicyclic amines) is 1. The number of methoxy groups -OCH3 is 1. The van der Waals surface area contributed by atoms with Crippen LogP contribution >= 0.6 is 11.3 Å². The lowest BCUT2D eigenvalue weighted by Crippen LogP contribution is -2.41. The van der Waals surface area contributed by atoms with Gasteiger partial charge in [0.05, 0.1) is 31.5 Å². The molecule has 174 valence electrons. The second-order valence-corrected chi connectivity index (χ2v) is 8.77. The SMILES string of the molecule is COc1ccccc1C(CNC(=O)Cc1csc(NC(=O)c2ccco2)n1)N1CCCCC1. The van der Waals surface area contributed by atoms with Crippen molar-refractivity contribution < 1.29 is 18.7 Å². The molecule has 2 amide bonds. The van der Waals surface area contributed by atoms with Gasteiger partial charge >= 0.3 is 0 Å². The topological polar surface area (TPSA) is 96.7 Å². The summed E-state index contributed by atoms with van der Waals surface area (Å²) in [6.07, 6.45) is 5.14. The third-order valence-electron chi connectivity index (χ3n) is 5.68. The van der Waals surface area contributed by atoms with Crippen LogP contribution in [0, 0.1) is 0 Å². The number of thiazole rings is 1. The summed E-state index contributed by atoms with van der Waals surface area (Å²) in [5.74, 6) is 0.566. The fraction of sp³-hybridized carbons (Fsp3) is 0.375. The van der Waals surface area contributed by atoms with Gasteiger partial charge in [-0.15, -0.1) is 11.3 Å². The van der Waals surface area contributed by atoms with Crippen LogP contribution in [-0.2, 0) is 11.2 Å². The van der Waals surface area contributed by atoms with Crippen molar-refractivity contribution in [2.24, 2.45) is 0 Å². The first-order chi connectivity index (χ1) is 16.1. The Bertz CT molecular complexity index is 1060. The van der Waals surface area contributed by atoms with Crippen molar-refractivity contribution in [2.75, 3.05) is 32.1 Å². The van der Waals surface area contributed by atoms with E-state index in [1.165, 1.54) is 24.0 Å². The van der Waals surface area contributed by atoms with E-state index in [-0.39, 0.29) is 30.0 Å². The Kier molecular flexibility index (Phi) is 7.74. The molecule has 0 saturated carbocycles. The molecule has 9 heteroatoms. The number of carbonyl (C=O) groups is 2. The first-order valence-corrected chi connectivity index (χ1v) is 11.9. The molecule has 1 saturated heterocycles. The maximum atomic E-state index is 12.7. The summed E-state index contributed by atoms with van der Waals surface area (Å²) in [6, 6.07) is 11.3. The highest BCUT2D eigenvalue weighted by Crippen LogP contribution is 2.31. The van der Waals surface area contributed by atoms with E-state index in [1.807, 2.05) is 18.2 Å². The maximum absolute atomic E-state index is 12.7. The highest BCUT2D eigenvalue weighted by molar-refractivity contribution is 7.14. The zero-order valence-electron chi connectivity index (χ0n) is 18.6. The van der Waals surface area contributed by atoms with Crippen molar-refractivity contribution >= 4 is 28.3 Å². The van der Waals surface area contributed by atoms with Crippen molar-refractivity contribution in [1.29, 1.82) is 0 Å². The van der Waals surface area contributed by atoms with E-state index in [9.17, 15) is 9.59 Å². The van der Waals surface area contributed by atoms with E-state index in [2.05, 4.69) is 26.6 Å². The summed E-state index contributed by atoms with van der Waals surface area (Å²) in [7, 11) is 1.68. The molecule has 1 fully saturated rings. The number of benzene rings is 1. The van der Waals surface area contributed by atoms with Crippen LogP contribution in [0.1, 0.15) is 47.1 Å². The van der Waals surface area contributed by atoms with Crippen LogP contribution in [-0.4, -0.2) is 48.4 Å². The van der Waals surface area contributed by atoms with Gasteiger partial charge in [0, 0.05) is 17.5 Å². The van der Waals surface area contributed by atoms with E-state index >= 15 is 0 Å². The standard InChI is InChI=1S/C24H28N4O4S/c1-31-20-9-4-3-8-18(20)19(28-11-5-2-6-12-28)15-25-22(29)14-17-16-33-24(26-17)27-23(30)21-10-7-13-32-21/h3-4,7-10,13,16,19H,2,5-6,11-12,14-15H2,1H3,(H,25,29)(H,26,27,30). The summed E-state index contributed by atoms with van der Waals surface area (Å²) >= 11 is 1.28. The van der Waals surface area contributed by atoms with Crippen molar-refractivity contribution in [3.63, 3.8) is 0 Å². The van der Waals surface area contributed by atoms with Crippen molar-refractivity contribution in [2.45, 2.75) is 31.7 Å². The number of rotatable bonds is 9. The van der Waals surface area contributed by atoms with Gasteiger partial charge in [-0.25, -0.2) is 4.98 Å². The monoisotopic (exact) mass is 468 g/mol. The van der Waals surface area contributed by atoms with E-state index in [0.717, 1.165) is 37.2 Å². The highest BCUT2D eigenvalue weighted by atomic mass is 32.1. The number of nitrogens with one attached hydrogen (secondary N) is 2. The fourth-order valence-corrected chi connectivity index (χ4v) is 4.76. The van der Waals surface area contributed by atoms with Crippen LogP contribution in [0.2, 0.25) is 0 Å². The quantitative estimate of drug-likeness (QED) is 0.495. The number of amides is 2. The molecule has 4 rings (SSSR count). The molecule has 3 heterocycles. The Morgan fingerprint density at radius 3 is 2.76 bits per heavy atom. The molecule has 2 N–H and O–H groups in total. The number of furan rings is 1. The Balaban J connectivity index is 1.36. The Morgan fingerprint density at radius 2 is 2.00 bits per heavy atom. The van der Waals surface area contributed by atoms with Gasteiger partial charge in [-0.05, 0) is 44.1 Å². The van der Waals surface area contributed by atoms with Crippen LogP contribution in [0.15, 0.2) is 52.5 Å². The second-order valence-electron chi connectivity index (χ2n) is 7.91. The number of hydrogen-bond donors (Lipinski definition) is 2. The molecule has 3 aromatic rings. The normalized spacial score (nSPS) is 15.1. The number of para-hydroxylation sites is 1. The van der Waals surface area contributed by atoms with Gasteiger partial charge in [0.25, 0.3) is 5.91 Å². The Hall–Kier alpha value is -3.17. The van der Waals surface area contributed by atoms with Crippen molar-refractivity contribution in [3.8, 4) is 5.75 Å². The second kappa shape index (κ2) is 11.1. The number of ether oxygens (including phenoxy) is 1. The van der Waals surface area contributed by atoms with E-state index in [4.69, 9.17) is 9.15 Å². The molecule has 0 aliphatic carbocycles. The molecule has 8 nitrogen and oxygen atoms in total. The molecule has 1 unspecified atom stereocenters. The number of hydrogen-bond acceptors (Lipinski definition) is 7. The summed E-state index contributed by atoms with van der Waals surface area (Å²) in [4.78, 5) is 31.6. The Labute approximate surface area is 197 Å². The zero-order valence-corrected chi connectivity index (χ0v) is 19.4. The minimum absolute atomic E-state index is 0.0454. The van der Waals surface area contributed by atoms with E-state index in [0.29, 0.717) is 17.4 Å². The largest absolute Gasteiger partial charge is 0.496 e. The van der Waals surface area contributed by atoms with Crippen LogP contribution in [0.5, 0.6) is 5.75 Å². The van der Waals surface area contributed by atoms with Gasteiger partial charge in [-0.1, -0.05) is 24.6 Å². The number of piperidine rings is 1. The molecule has 0 bridgehead atoms. The van der Waals surface area contributed by atoms with Gasteiger partial charge in [0.15, 0.2) is 10.9 Å². The van der Waals surface area contributed by atoms with Crippen LogP contribution < -0.4 is 15.4 Å². The smallest absolute Gasteiger partial charge is 0.293 e. The minimum Gasteiger partial charge on any atom is -0.496 e.